The Morgan fingerprint density at radius 3 is 2.52 bits per heavy atom. The molecule has 1 N–H and O–H groups in total. The highest BCUT2D eigenvalue weighted by Crippen LogP contribution is 2.29. The van der Waals surface area contributed by atoms with Crippen molar-refractivity contribution in [3.8, 4) is 0 Å². The van der Waals surface area contributed by atoms with E-state index >= 15 is 0 Å². The molecule has 1 aliphatic carbocycles. The quantitative estimate of drug-likeness (QED) is 0.918. The first-order chi connectivity index (χ1) is 10.8. The molecule has 1 aromatic rings. The molecule has 0 saturated heterocycles. The van der Waals surface area contributed by atoms with Crippen molar-refractivity contribution < 1.29 is 22.7 Å². The number of halogens is 3. The summed E-state index contributed by atoms with van der Waals surface area (Å²) in [6.45, 7) is 2.06. The number of hydrogen-bond acceptors (Lipinski definition) is 2. The lowest BCUT2D eigenvalue weighted by atomic mass is 9.96. The van der Waals surface area contributed by atoms with Gasteiger partial charge in [-0.05, 0) is 37.1 Å². The summed E-state index contributed by atoms with van der Waals surface area (Å²) in [7, 11) is 1.54. The predicted molar refractivity (Wildman–Crippen MR) is 80.5 cm³/mol. The summed E-state index contributed by atoms with van der Waals surface area (Å²) in [5, 5.41) is 2.72. The van der Waals surface area contributed by atoms with Crippen molar-refractivity contribution >= 4 is 5.91 Å². The maximum Gasteiger partial charge on any atom is 0.416 e. The number of allylic oxidation sites excluding steroid dienone is 2. The molecule has 6 heteroatoms. The first-order valence-corrected chi connectivity index (χ1v) is 7.16. The van der Waals surface area contributed by atoms with Crippen LogP contribution in [0.15, 0.2) is 47.6 Å². The van der Waals surface area contributed by atoms with E-state index in [0.717, 1.165) is 17.7 Å². The molecule has 0 radical (unpaired) electrons. The van der Waals surface area contributed by atoms with Gasteiger partial charge >= 0.3 is 6.18 Å². The van der Waals surface area contributed by atoms with Gasteiger partial charge in [0.2, 0.25) is 5.91 Å². The maximum atomic E-state index is 12.5. The van der Waals surface area contributed by atoms with E-state index in [1.165, 1.54) is 19.2 Å². The van der Waals surface area contributed by atoms with Crippen molar-refractivity contribution in [2.24, 2.45) is 0 Å². The smallest absolute Gasteiger partial charge is 0.376 e. The van der Waals surface area contributed by atoms with Gasteiger partial charge in [0.1, 0.15) is 0 Å². The van der Waals surface area contributed by atoms with E-state index in [1.807, 2.05) is 13.0 Å². The zero-order chi connectivity index (χ0) is 17.0. The Bertz CT molecular complexity index is 630. The third-order valence-corrected chi connectivity index (χ3v) is 3.66. The molecule has 0 aliphatic heterocycles. The van der Waals surface area contributed by atoms with Crippen LogP contribution in [0, 0.1) is 0 Å². The highest BCUT2D eigenvalue weighted by atomic mass is 19.4. The minimum Gasteiger partial charge on any atom is -0.376 e. The zero-order valence-corrected chi connectivity index (χ0v) is 12.9. The largest absolute Gasteiger partial charge is 0.416 e. The van der Waals surface area contributed by atoms with E-state index in [4.69, 9.17) is 4.74 Å². The average molecular weight is 325 g/mol. The van der Waals surface area contributed by atoms with Gasteiger partial charge in [-0.3, -0.25) is 4.79 Å². The number of benzene rings is 1. The Balaban J connectivity index is 2.00. The van der Waals surface area contributed by atoms with E-state index in [1.54, 1.807) is 6.08 Å². The van der Waals surface area contributed by atoms with Crippen LogP contribution in [0.3, 0.4) is 0 Å². The molecule has 1 unspecified atom stereocenters. The van der Waals surface area contributed by atoms with Gasteiger partial charge in [0, 0.05) is 19.2 Å². The van der Waals surface area contributed by atoms with Gasteiger partial charge in [-0.2, -0.15) is 13.2 Å². The number of ether oxygens (including phenoxy) is 1. The summed E-state index contributed by atoms with van der Waals surface area (Å²) >= 11 is 0. The Hall–Kier alpha value is -2.08. The molecule has 1 atom stereocenters. The van der Waals surface area contributed by atoms with Crippen LogP contribution >= 0.6 is 0 Å². The second kappa shape index (κ2) is 7.00. The lowest BCUT2D eigenvalue weighted by molar-refractivity contribution is -0.137. The summed E-state index contributed by atoms with van der Waals surface area (Å²) in [6, 6.07) is 4.73. The van der Waals surface area contributed by atoms with Crippen LogP contribution in [0.5, 0.6) is 0 Å². The first kappa shape index (κ1) is 17.3. The SMILES string of the molecule is COC1CC=C(C)C=C1C(=O)NCc1ccc(C(F)(F)F)cc1. The van der Waals surface area contributed by atoms with Crippen molar-refractivity contribution in [2.45, 2.75) is 32.2 Å². The number of nitrogens with one attached hydrogen (secondary N) is 1. The number of methoxy groups -OCH3 is 1. The molecule has 0 heterocycles. The molecule has 0 spiro atoms. The van der Waals surface area contributed by atoms with E-state index < -0.39 is 11.7 Å². The third-order valence-electron chi connectivity index (χ3n) is 3.66. The molecule has 1 aromatic carbocycles. The number of alkyl halides is 3. The standard InChI is InChI=1S/C17H18F3NO2/c1-11-3-8-15(23-2)14(9-11)16(22)21-10-12-4-6-13(7-5-12)17(18,19)20/h3-7,9,15H,8,10H2,1-2H3,(H,21,22). The normalized spacial score (nSPS) is 18.2. The van der Waals surface area contributed by atoms with Crippen LogP contribution < -0.4 is 5.32 Å². The Morgan fingerprint density at radius 2 is 1.96 bits per heavy atom. The molecule has 23 heavy (non-hydrogen) atoms. The molecular weight excluding hydrogens is 307 g/mol. The van der Waals surface area contributed by atoms with Gasteiger partial charge in [-0.25, -0.2) is 0 Å². The average Bonchev–Trinajstić information content (AvgIpc) is 2.52. The molecule has 0 saturated carbocycles. The van der Waals surface area contributed by atoms with Crippen molar-refractivity contribution in [1.82, 2.24) is 5.32 Å². The van der Waals surface area contributed by atoms with Crippen LogP contribution in [0.25, 0.3) is 0 Å². The highest BCUT2D eigenvalue weighted by molar-refractivity contribution is 5.95. The molecule has 124 valence electrons. The second-order valence-corrected chi connectivity index (χ2v) is 5.39. The molecule has 1 amide bonds. The Kier molecular flexibility index (Phi) is 5.26. The maximum absolute atomic E-state index is 12.5. The lowest BCUT2D eigenvalue weighted by Gasteiger charge is -2.21. The van der Waals surface area contributed by atoms with Gasteiger partial charge in [-0.15, -0.1) is 0 Å². The fraction of sp³-hybridized carbons (Fsp3) is 0.353. The summed E-state index contributed by atoms with van der Waals surface area (Å²) in [6.07, 6.45) is -0.279. The van der Waals surface area contributed by atoms with Crippen molar-refractivity contribution in [3.05, 3.63) is 58.7 Å². The minimum absolute atomic E-state index is 0.160. The third kappa shape index (κ3) is 4.45. The molecular formula is C17H18F3NO2. The van der Waals surface area contributed by atoms with E-state index in [9.17, 15) is 18.0 Å². The fourth-order valence-electron chi connectivity index (χ4n) is 2.35. The summed E-state index contributed by atoms with van der Waals surface area (Å²) < 4.78 is 42.8. The van der Waals surface area contributed by atoms with Gasteiger partial charge in [0.15, 0.2) is 0 Å². The monoisotopic (exact) mass is 325 g/mol. The van der Waals surface area contributed by atoms with Gasteiger partial charge < -0.3 is 10.1 Å². The lowest BCUT2D eigenvalue weighted by Crippen LogP contribution is -2.32. The van der Waals surface area contributed by atoms with Crippen LogP contribution in [0.4, 0.5) is 13.2 Å². The summed E-state index contributed by atoms with van der Waals surface area (Å²) in [5.41, 5.74) is 1.41. The molecule has 0 fully saturated rings. The first-order valence-electron chi connectivity index (χ1n) is 7.16. The van der Waals surface area contributed by atoms with Crippen LogP contribution in [0.1, 0.15) is 24.5 Å². The summed E-state index contributed by atoms with van der Waals surface area (Å²) in [5.74, 6) is -0.274. The number of amides is 1. The Labute approximate surface area is 132 Å². The number of rotatable bonds is 4. The van der Waals surface area contributed by atoms with Crippen LogP contribution in [-0.4, -0.2) is 19.1 Å². The predicted octanol–water partition coefficient (Wildman–Crippen LogP) is 3.61. The van der Waals surface area contributed by atoms with Gasteiger partial charge in [0.25, 0.3) is 0 Å². The second-order valence-electron chi connectivity index (χ2n) is 5.39. The molecule has 1 aliphatic rings. The van der Waals surface area contributed by atoms with Crippen LogP contribution in [0.2, 0.25) is 0 Å². The zero-order valence-electron chi connectivity index (χ0n) is 12.9. The molecule has 2 rings (SSSR count). The number of hydrogen-bond donors (Lipinski definition) is 1. The van der Waals surface area contributed by atoms with Crippen molar-refractivity contribution in [1.29, 1.82) is 0 Å². The van der Waals surface area contributed by atoms with E-state index in [2.05, 4.69) is 5.32 Å². The van der Waals surface area contributed by atoms with Gasteiger partial charge in [-0.1, -0.05) is 23.8 Å². The fourth-order valence-corrected chi connectivity index (χ4v) is 2.35. The number of carbonyl (C=O) groups excluding carboxylic acids is 1. The van der Waals surface area contributed by atoms with Crippen LogP contribution in [-0.2, 0) is 22.3 Å². The molecule has 0 aromatic heterocycles. The van der Waals surface area contributed by atoms with Crippen molar-refractivity contribution in [2.75, 3.05) is 7.11 Å². The van der Waals surface area contributed by atoms with Gasteiger partial charge in [0.05, 0.1) is 11.7 Å². The van der Waals surface area contributed by atoms with E-state index in [-0.39, 0.29) is 18.6 Å². The molecule has 3 nitrogen and oxygen atoms in total. The highest BCUT2D eigenvalue weighted by Gasteiger charge is 2.30. The minimum atomic E-state index is -4.36. The molecule has 0 bridgehead atoms. The van der Waals surface area contributed by atoms with Crippen molar-refractivity contribution in [3.63, 3.8) is 0 Å². The topological polar surface area (TPSA) is 38.3 Å². The Morgan fingerprint density at radius 1 is 1.30 bits per heavy atom. The summed E-state index contributed by atoms with van der Waals surface area (Å²) in [4.78, 5) is 12.2. The number of carbonyl (C=O) groups is 1. The van der Waals surface area contributed by atoms with E-state index in [0.29, 0.717) is 17.6 Å².